The van der Waals surface area contributed by atoms with Gasteiger partial charge in [0.2, 0.25) is 5.91 Å². The minimum Gasteiger partial charge on any atom is -0.483 e. The van der Waals surface area contributed by atoms with Gasteiger partial charge >= 0.3 is 11.6 Å². The molecule has 3 N–H and O–H groups in total. The van der Waals surface area contributed by atoms with Gasteiger partial charge in [0, 0.05) is 10.9 Å². The number of hydrogen-bond donors (Lipinski definition) is 3. The van der Waals surface area contributed by atoms with Gasteiger partial charge in [0.15, 0.2) is 6.61 Å². The van der Waals surface area contributed by atoms with E-state index in [-0.39, 0.29) is 19.1 Å². The molecule has 3 aromatic rings. The zero-order valence-corrected chi connectivity index (χ0v) is 17.9. The van der Waals surface area contributed by atoms with Gasteiger partial charge in [0.05, 0.1) is 11.9 Å². The van der Waals surface area contributed by atoms with Gasteiger partial charge in [-0.05, 0) is 36.4 Å². The molecule has 3 rings (SSSR count). The molecule has 168 valence electrons. The van der Waals surface area contributed by atoms with Crippen LogP contribution in [0.1, 0.15) is 19.4 Å². The summed E-state index contributed by atoms with van der Waals surface area (Å²) in [5, 5.41) is 15.8. The van der Waals surface area contributed by atoms with E-state index in [0.29, 0.717) is 22.3 Å². The quantitative estimate of drug-likeness (QED) is 0.360. The van der Waals surface area contributed by atoms with Crippen LogP contribution < -0.4 is 21.0 Å². The number of benzene rings is 2. The summed E-state index contributed by atoms with van der Waals surface area (Å²) in [5.74, 6) is -2.26. The molecular weight excluding hydrogens is 416 g/mol. The summed E-state index contributed by atoms with van der Waals surface area (Å²) < 4.78 is 11.0. The molecule has 32 heavy (non-hydrogen) atoms. The summed E-state index contributed by atoms with van der Waals surface area (Å²) in [6.45, 7) is 4.31. The first-order valence-corrected chi connectivity index (χ1v) is 10.1. The van der Waals surface area contributed by atoms with Crippen LogP contribution in [0, 0.1) is 12.8 Å². The third-order valence-electron chi connectivity index (χ3n) is 5.04. The normalized spacial score (nSPS) is 12.0. The van der Waals surface area contributed by atoms with Crippen molar-refractivity contribution in [1.82, 2.24) is 10.6 Å². The molecule has 2 aromatic carbocycles. The number of rotatable bonds is 8. The molecule has 9 nitrogen and oxygen atoms in total. The number of ether oxygens (including phenoxy) is 1. The zero-order chi connectivity index (χ0) is 23.4. The van der Waals surface area contributed by atoms with Crippen LogP contribution in [0.25, 0.3) is 21.7 Å². The Morgan fingerprint density at radius 1 is 1.03 bits per heavy atom. The van der Waals surface area contributed by atoms with E-state index in [1.807, 2.05) is 12.1 Å². The molecule has 1 heterocycles. The van der Waals surface area contributed by atoms with Crippen molar-refractivity contribution in [3.63, 3.8) is 0 Å². The van der Waals surface area contributed by atoms with Crippen LogP contribution in [0.4, 0.5) is 0 Å². The Balaban J connectivity index is 1.65. The molecule has 0 bridgehead atoms. The molecule has 2 amide bonds. The first-order chi connectivity index (χ1) is 15.2. The number of carbonyl (C=O) groups is 3. The molecule has 0 saturated heterocycles. The average molecular weight is 440 g/mol. The van der Waals surface area contributed by atoms with Crippen molar-refractivity contribution in [1.29, 1.82) is 0 Å². The second-order valence-corrected chi connectivity index (χ2v) is 7.69. The maximum absolute atomic E-state index is 12.3. The maximum Gasteiger partial charge on any atom is 0.344 e. The highest BCUT2D eigenvalue weighted by Gasteiger charge is 2.23. The van der Waals surface area contributed by atoms with Gasteiger partial charge < -0.3 is 24.9 Å². The van der Waals surface area contributed by atoms with E-state index in [2.05, 4.69) is 10.6 Å². The first kappa shape index (κ1) is 22.8. The lowest BCUT2D eigenvalue weighted by Gasteiger charge is -2.18. The first-order valence-electron chi connectivity index (χ1n) is 10.1. The summed E-state index contributed by atoms with van der Waals surface area (Å²) in [6, 6.07) is 9.53. The molecule has 1 aromatic heterocycles. The number of amides is 2. The van der Waals surface area contributed by atoms with Crippen LogP contribution in [-0.4, -0.2) is 42.1 Å². The van der Waals surface area contributed by atoms with Crippen molar-refractivity contribution in [3.05, 3.63) is 52.4 Å². The molecule has 0 radical (unpaired) electrons. The summed E-state index contributed by atoms with van der Waals surface area (Å²) in [6.07, 6.45) is 0. The maximum atomic E-state index is 12.3. The zero-order valence-electron chi connectivity index (χ0n) is 17.9. The van der Waals surface area contributed by atoms with Gasteiger partial charge in [0.1, 0.15) is 17.4 Å². The van der Waals surface area contributed by atoms with E-state index >= 15 is 0 Å². The largest absolute Gasteiger partial charge is 0.483 e. The van der Waals surface area contributed by atoms with E-state index < -0.39 is 29.5 Å². The Bertz CT molecular complexity index is 1250. The average Bonchev–Trinajstić information content (AvgIpc) is 2.76. The van der Waals surface area contributed by atoms with Crippen molar-refractivity contribution < 1.29 is 28.6 Å². The van der Waals surface area contributed by atoms with Gasteiger partial charge in [-0.25, -0.2) is 9.59 Å². The molecular formula is C23H24N2O7. The van der Waals surface area contributed by atoms with Gasteiger partial charge in [0.25, 0.3) is 5.91 Å². The summed E-state index contributed by atoms with van der Waals surface area (Å²) in [4.78, 5) is 47.4. The van der Waals surface area contributed by atoms with Crippen LogP contribution in [0.3, 0.4) is 0 Å². The fourth-order valence-corrected chi connectivity index (χ4v) is 3.33. The van der Waals surface area contributed by atoms with E-state index in [9.17, 15) is 19.2 Å². The van der Waals surface area contributed by atoms with Crippen molar-refractivity contribution in [2.75, 3.05) is 13.2 Å². The molecule has 0 aliphatic heterocycles. The van der Waals surface area contributed by atoms with Crippen LogP contribution in [-0.2, 0) is 14.4 Å². The number of carbonyl (C=O) groups excluding carboxylic acids is 2. The van der Waals surface area contributed by atoms with Crippen LogP contribution >= 0.6 is 0 Å². The fraction of sp³-hybridized carbons (Fsp3) is 0.304. The fourth-order valence-electron chi connectivity index (χ4n) is 3.33. The molecule has 0 saturated carbocycles. The molecule has 1 atom stereocenters. The minimum atomic E-state index is -1.14. The Labute approximate surface area is 183 Å². The highest BCUT2D eigenvalue weighted by Crippen LogP contribution is 2.30. The Hall–Kier alpha value is -3.88. The van der Waals surface area contributed by atoms with Crippen molar-refractivity contribution in [2.24, 2.45) is 5.92 Å². The molecule has 0 fully saturated rings. The minimum absolute atomic E-state index is 0.302. The van der Waals surface area contributed by atoms with Crippen molar-refractivity contribution in [2.45, 2.75) is 26.8 Å². The lowest BCUT2D eigenvalue weighted by molar-refractivity contribution is -0.143. The molecule has 9 heteroatoms. The Kier molecular flexibility index (Phi) is 6.77. The predicted octanol–water partition coefficient (Wildman–Crippen LogP) is 1.98. The predicted molar refractivity (Wildman–Crippen MR) is 118 cm³/mol. The number of aliphatic carboxylic acids is 1. The third kappa shape index (κ3) is 4.88. The van der Waals surface area contributed by atoms with Gasteiger partial charge in [-0.15, -0.1) is 0 Å². The van der Waals surface area contributed by atoms with E-state index in [1.165, 1.54) is 0 Å². The van der Waals surface area contributed by atoms with Crippen LogP contribution in [0.15, 0.2) is 45.6 Å². The van der Waals surface area contributed by atoms with Crippen LogP contribution in [0.2, 0.25) is 0 Å². The number of carboxylic acid groups (broad SMARTS) is 1. The van der Waals surface area contributed by atoms with Crippen molar-refractivity contribution in [3.8, 4) is 5.75 Å². The third-order valence-corrected chi connectivity index (χ3v) is 5.04. The molecule has 0 spiro atoms. The lowest BCUT2D eigenvalue weighted by atomic mass is 10.0. The van der Waals surface area contributed by atoms with E-state index in [1.54, 1.807) is 45.0 Å². The van der Waals surface area contributed by atoms with E-state index in [0.717, 1.165) is 10.8 Å². The van der Waals surface area contributed by atoms with Gasteiger partial charge in [-0.3, -0.25) is 9.59 Å². The standard InChI is InChI=1S/C23H24N2O7/c1-12(2)20(22(28)29)25-18(26)10-24-19(27)11-31-17-9-8-15-14-6-4-5-7-16(14)23(30)32-21(15)13(17)3/h4-9,12,20H,10-11H2,1-3H3,(H,24,27)(H,25,26)(H,28,29)/t20-/m0/s1. The topological polar surface area (TPSA) is 135 Å². The Morgan fingerprint density at radius 3 is 2.38 bits per heavy atom. The molecule has 0 aliphatic carbocycles. The second kappa shape index (κ2) is 9.51. The van der Waals surface area contributed by atoms with E-state index in [4.69, 9.17) is 14.3 Å². The highest BCUT2D eigenvalue weighted by molar-refractivity contribution is 6.05. The second-order valence-electron chi connectivity index (χ2n) is 7.69. The number of nitrogens with one attached hydrogen (secondary N) is 2. The Morgan fingerprint density at radius 2 is 1.72 bits per heavy atom. The number of carboxylic acids is 1. The number of aryl methyl sites for hydroxylation is 1. The molecule has 0 unspecified atom stereocenters. The van der Waals surface area contributed by atoms with Gasteiger partial charge in [-0.2, -0.15) is 0 Å². The monoisotopic (exact) mass is 440 g/mol. The lowest BCUT2D eigenvalue weighted by Crippen LogP contribution is -2.48. The van der Waals surface area contributed by atoms with Gasteiger partial charge in [-0.1, -0.05) is 32.0 Å². The number of fused-ring (bicyclic) bond motifs is 3. The van der Waals surface area contributed by atoms with Crippen LogP contribution in [0.5, 0.6) is 5.75 Å². The smallest absolute Gasteiger partial charge is 0.344 e. The highest BCUT2D eigenvalue weighted by atomic mass is 16.5. The molecule has 0 aliphatic rings. The summed E-state index contributed by atoms with van der Waals surface area (Å²) in [5.41, 5.74) is 0.481. The SMILES string of the molecule is Cc1c(OCC(=O)NCC(=O)N[C@H](C(=O)O)C(C)C)ccc2c1oc(=O)c1ccccc12. The summed E-state index contributed by atoms with van der Waals surface area (Å²) >= 11 is 0. The van der Waals surface area contributed by atoms with Crippen molar-refractivity contribution >= 4 is 39.5 Å². The number of hydrogen-bond acceptors (Lipinski definition) is 6. The summed E-state index contributed by atoms with van der Waals surface area (Å²) in [7, 11) is 0.